The Labute approximate surface area is 193 Å². The van der Waals surface area contributed by atoms with Gasteiger partial charge < -0.3 is 16.9 Å². The van der Waals surface area contributed by atoms with E-state index in [1.54, 1.807) is 25.7 Å². The lowest BCUT2D eigenvalue weighted by Crippen LogP contribution is -2.22. The number of halogens is 1. The van der Waals surface area contributed by atoms with Crippen molar-refractivity contribution in [1.82, 2.24) is 21.1 Å². The van der Waals surface area contributed by atoms with Gasteiger partial charge in [-0.05, 0) is 49.3 Å². The first kappa shape index (κ1) is 26.1. The lowest BCUT2D eigenvalue weighted by atomic mass is 9.73. The highest BCUT2D eigenvalue weighted by Crippen LogP contribution is 2.37. The van der Waals surface area contributed by atoms with Gasteiger partial charge in [-0.2, -0.15) is 4.98 Å². The summed E-state index contributed by atoms with van der Waals surface area (Å²) in [5, 5.41) is 1.31. The number of fused-ring (bicyclic) bond motifs is 1. The quantitative estimate of drug-likeness (QED) is 0.392. The second kappa shape index (κ2) is 14.1. The van der Waals surface area contributed by atoms with E-state index in [1.165, 1.54) is 70.6 Å². The number of H-pyrrole nitrogens is 1. The molecule has 0 radical (unpaired) electrons. The Hall–Kier alpha value is -1.17. The molecule has 0 aromatic carbocycles. The second-order valence-electron chi connectivity index (χ2n) is 9.51. The molecule has 6 N–H and O–H groups in total. The number of rotatable bonds is 1. The Balaban J connectivity index is 0.000000168. The van der Waals surface area contributed by atoms with Crippen molar-refractivity contribution in [3.05, 3.63) is 23.2 Å². The molecule has 0 unspecified atom stereocenters. The molecule has 31 heavy (non-hydrogen) atoms. The van der Waals surface area contributed by atoms with E-state index >= 15 is 0 Å². The highest BCUT2D eigenvalue weighted by Gasteiger charge is 2.24. The number of aromatic nitrogens is 3. The molecule has 5 rings (SSSR count). The van der Waals surface area contributed by atoms with Crippen LogP contribution in [0.25, 0.3) is 11.0 Å². The van der Waals surface area contributed by atoms with E-state index in [4.69, 9.17) is 17.3 Å². The van der Waals surface area contributed by atoms with Gasteiger partial charge in [0.25, 0.3) is 0 Å². The summed E-state index contributed by atoms with van der Waals surface area (Å²) >= 11 is 5.64. The zero-order valence-electron chi connectivity index (χ0n) is 19.6. The molecular formula is C25H44ClN5. The van der Waals surface area contributed by atoms with Crippen molar-refractivity contribution in [2.45, 2.75) is 109 Å². The lowest BCUT2D eigenvalue weighted by molar-refractivity contribution is 0.196. The zero-order valence-corrected chi connectivity index (χ0v) is 20.3. The summed E-state index contributed by atoms with van der Waals surface area (Å²) in [7, 11) is 0. The molecule has 176 valence electrons. The number of hydrogen-bond acceptors (Lipinski definition) is 4. The van der Waals surface area contributed by atoms with Crippen molar-refractivity contribution in [2.24, 2.45) is 17.6 Å². The highest BCUT2D eigenvalue weighted by molar-refractivity contribution is 6.28. The Morgan fingerprint density at radius 1 is 0.806 bits per heavy atom. The summed E-state index contributed by atoms with van der Waals surface area (Å²) < 4.78 is 0. The van der Waals surface area contributed by atoms with Crippen molar-refractivity contribution in [2.75, 3.05) is 0 Å². The summed E-state index contributed by atoms with van der Waals surface area (Å²) in [6.45, 7) is 1.91. The molecule has 0 amide bonds. The van der Waals surface area contributed by atoms with Gasteiger partial charge in [0, 0.05) is 17.6 Å². The third kappa shape index (κ3) is 8.70. The molecule has 0 spiro atoms. The number of hydrogen-bond donors (Lipinski definition) is 3. The molecule has 3 fully saturated rings. The van der Waals surface area contributed by atoms with Crippen molar-refractivity contribution in [1.29, 1.82) is 0 Å². The summed E-state index contributed by atoms with van der Waals surface area (Å²) in [5.74, 6) is 2.28. The van der Waals surface area contributed by atoms with E-state index in [0.29, 0.717) is 6.04 Å². The van der Waals surface area contributed by atoms with E-state index in [2.05, 4.69) is 15.0 Å². The molecule has 5 nitrogen and oxygen atoms in total. The molecule has 0 atom stereocenters. The molecule has 3 saturated carbocycles. The van der Waals surface area contributed by atoms with Crippen LogP contribution in [0.15, 0.2) is 12.3 Å². The first-order chi connectivity index (χ1) is 14.6. The molecule has 0 bridgehead atoms. The molecule has 0 saturated heterocycles. The van der Waals surface area contributed by atoms with Gasteiger partial charge in [0.15, 0.2) is 0 Å². The SMILES string of the molecule is C1CCC(C2CCCCC2)CC1.Cc1nc(Cl)nc2[nH]ccc12.N.NC1CCCCC1. The number of aryl methyl sites for hydroxylation is 1. The van der Waals surface area contributed by atoms with E-state index in [-0.39, 0.29) is 11.4 Å². The van der Waals surface area contributed by atoms with Crippen molar-refractivity contribution >= 4 is 22.6 Å². The van der Waals surface area contributed by atoms with Crippen LogP contribution in [0.3, 0.4) is 0 Å². The third-order valence-electron chi connectivity index (χ3n) is 7.20. The van der Waals surface area contributed by atoms with Crippen LogP contribution in [0.2, 0.25) is 5.28 Å². The van der Waals surface area contributed by atoms with Crippen LogP contribution in [-0.2, 0) is 0 Å². The van der Waals surface area contributed by atoms with E-state index in [1.807, 2.05) is 19.2 Å². The van der Waals surface area contributed by atoms with Gasteiger partial charge in [-0.15, -0.1) is 0 Å². The molecule has 2 aromatic rings. The summed E-state index contributed by atoms with van der Waals surface area (Å²) in [6.07, 6.45) is 23.9. The molecule has 2 aromatic heterocycles. The summed E-state index contributed by atoms with van der Waals surface area (Å²) in [4.78, 5) is 11.0. The average Bonchev–Trinajstić information content (AvgIpc) is 3.25. The molecular weight excluding hydrogens is 406 g/mol. The fourth-order valence-electron chi connectivity index (χ4n) is 5.41. The first-order valence-electron chi connectivity index (χ1n) is 12.4. The summed E-state index contributed by atoms with van der Waals surface area (Å²) in [6, 6.07) is 2.47. The maximum absolute atomic E-state index is 5.64. The average molecular weight is 450 g/mol. The number of nitrogens with two attached hydrogens (primary N) is 1. The smallest absolute Gasteiger partial charge is 0.224 e. The van der Waals surface area contributed by atoms with Crippen molar-refractivity contribution in [3.8, 4) is 0 Å². The predicted molar refractivity (Wildman–Crippen MR) is 133 cm³/mol. The van der Waals surface area contributed by atoms with E-state index < -0.39 is 0 Å². The Bertz CT molecular complexity index is 713. The lowest BCUT2D eigenvalue weighted by Gasteiger charge is -2.32. The van der Waals surface area contributed by atoms with Gasteiger partial charge in [0.05, 0.1) is 5.69 Å². The van der Waals surface area contributed by atoms with E-state index in [0.717, 1.165) is 28.6 Å². The molecule has 2 heterocycles. The monoisotopic (exact) mass is 449 g/mol. The number of nitrogens with one attached hydrogen (secondary N) is 1. The topological polar surface area (TPSA) is 103 Å². The van der Waals surface area contributed by atoms with Gasteiger partial charge in [-0.1, -0.05) is 83.5 Å². The fourth-order valence-corrected chi connectivity index (χ4v) is 5.62. The van der Waals surface area contributed by atoms with Crippen molar-refractivity contribution in [3.63, 3.8) is 0 Å². The first-order valence-corrected chi connectivity index (χ1v) is 12.7. The molecule has 3 aliphatic rings. The highest BCUT2D eigenvalue weighted by atomic mass is 35.5. The fraction of sp³-hybridized carbons (Fsp3) is 0.760. The van der Waals surface area contributed by atoms with Gasteiger partial charge in [-0.25, -0.2) is 4.98 Å². The standard InChI is InChI=1S/C12H22.C7H6ClN3.C6H13N.H3N/c1-3-7-11(8-4-1)12-9-5-2-6-10-12;1-4-5-2-3-9-6(5)11-7(8)10-4;7-6-4-2-1-3-5-6;/h11-12H,1-10H2;2-3H,1H3,(H,9,10,11);6H,1-5,7H2;1H3. The van der Waals surface area contributed by atoms with Crippen LogP contribution in [0.4, 0.5) is 0 Å². The van der Waals surface area contributed by atoms with Crippen LogP contribution in [0.1, 0.15) is 102 Å². The molecule has 0 aliphatic heterocycles. The van der Waals surface area contributed by atoms with Crippen LogP contribution < -0.4 is 11.9 Å². The normalized spacial score (nSPS) is 20.7. The Morgan fingerprint density at radius 2 is 1.29 bits per heavy atom. The minimum Gasteiger partial charge on any atom is -0.346 e. The van der Waals surface area contributed by atoms with Gasteiger partial charge in [0.1, 0.15) is 5.65 Å². The predicted octanol–water partition coefficient (Wildman–Crippen LogP) is 7.51. The minimum absolute atomic E-state index is 0. The zero-order chi connectivity index (χ0) is 21.2. The van der Waals surface area contributed by atoms with E-state index in [9.17, 15) is 0 Å². The maximum Gasteiger partial charge on any atom is 0.224 e. The second-order valence-corrected chi connectivity index (χ2v) is 9.85. The van der Waals surface area contributed by atoms with Crippen LogP contribution in [-0.4, -0.2) is 21.0 Å². The van der Waals surface area contributed by atoms with Crippen LogP contribution in [0.5, 0.6) is 0 Å². The number of aromatic amines is 1. The largest absolute Gasteiger partial charge is 0.346 e. The van der Waals surface area contributed by atoms with Crippen LogP contribution in [0, 0.1) is 18.8 Å². The Kier molecular flexibility index (Phi) is 11.8. The minimum atomic E-state index is 0. The molecule has 6 heteroatoms. The van der Waals surface area contributed by atoms with Gasteiger partial charge in [-0.3, -0.25) is 0 Å². The molecule has 3 aliphatic carbocycles. The van der Waals surface area contributed by atoms with Gasteiger partial charge in [0.2, 0.25) is 5.28 Å². The van der Waals surface area contributed by atoms with Crippen molar-refractivity contribution < 1.29 is 0 Å². The van der Waals surface area contributed by atoms with Crippen LogP contribution >= 0.6 is 11.6 Å². The number of nitrogens with zero attached hydrogens (tertiary/aromatic N) is 2. The maximum atomic E-state index is 5.64. The summed E-state index contributed by atoms with van der Waals surface area (Å²) in [5.41, 5.74) is 7.33. The van der Waals surface area contributed by atoms with Gasteiger partial charge >= 0.3 is 0 Å². The Morgan fingerprint density at radius 3 is 1.74 bits per heavy atom. The third-order valence-corrected chi connectivity index (χ3v) is 7.36.